The van der Waals surface area contributed by atoms with Crippen LogP contribution in [-0.2, 0) is 0 Å². The molecule has 1 saturated carbocycles. The molecule has 0 radical (unpaired) electrons. The van der Waals surface area contributed by atoms with Crippen LogP contribution in [0.25, 0.3) is 10.9 Å². The maximum absolute atomic E-state index is 12.4. The SMILES string of the molecule is CSc1ccccc1NC(=O)NCC1CCC(Nc2nc([As](C)C)c3ccccc3n2)CC1. The van der Waals surface area contributed by atoms with Crippen molar-refractivity contribution in [2.75, 3.05) is 23.4 Å². The van der Waals surface area contributed by atoms with Gasteiger partial charge in [0.1, 0.15) is 0 Å². The van der Waals surface area contributed by atoms with Gasteiger partial charge in [-0.2, -0.15) is 0 Å². The molecular weight excluding hydrogens is 493 g/mol. The normalized spacial score (nSPS) is 18.3. The number of rotatable bonds is 7. The molecule has 0 atom stereocenters. The number of hydrogen-bond donors (Lipinski definition) is 3. The van der Waals surface area contributed by atoms with Crippen molar-refractivity contribution in [1.82, 2.24) is 15.3 Å². The van der Waals surface area contributed by atoms with E-state index in [2.05, 4.69) is 45.6 Å². The van der Waals surface area contributed by atoms with Crippen LogP contribution < -0.4 is 20.4 Å². The summed E-state index contributed by atoms with van der Waals surface area (Å²) in [4.78, 5) is 23.1. The number of hydrogen-bond acceptors (Lipinski definition) is 5. The first-order valence-electron chi connectivity index (χ1n) is 11.4. The van der Waals surface area contributed by atoms with Gasteiger partial charge in [0.25, 0.3) is 0 Å². The Morgan fingerprint density at radius 3 is 2.52 bits per heavy atom. The van der Waals surface area contributed by atoms with E-state index < -0.39 is 14.7 Å². The number of nitrogens with zero attached hydrogens (tertiary/aromatic N) is 2. The van der Waals surface area contributed by atoms with Crippen molar-refractivity contribution in [2.45, 2.75) is 48.0 Å². The van der Waals surface area contributed by atoms with Crippen LogP contribution in [0.2, 0.25) is 11.4 Å². The van der Waals surface area contributed by atoms with Gasteiger partial charge in [0.15, 0.2) is 0 Å². The summed E-state index contributed by atoms with van der Waals surface area (Å²) in [7, 11) is 0. The number of fused-ring (bicyclic) bond motifs is 1. The first-order chi connectivity index (χ1) is 16.0. The molecule has 1 heterocycles. The third-order valence-electron chi connectivity index (χ3n) is 6.09. The predicted octanol–water partition coefficient (Wildman–Crippen LogP) is 5.11. The molecular formula is C25H32AsN5OS. The molecule has 0 spiro atoms. The van der Waals surface area contributed by atoms with Gasteiger partial charge in [-0.15, -0.1) is 11.8 Å². The molecule has 1 fully saturated rings. The monoisotopic (exact) mass is 525 g/mol. The third kappa shape index (κ3) is 6.21. The summed E-state index contributed by atoms with van der Waals surface area (Å²) >= 11 is 0.496. The van der Waals surface area contributed by atoms with Crippen molar-refractivity contribution in [2.24, 2.45) is 5.92 Å². The van der Waals surface area contributed by atoms with Crippen LogP contribution >= 0.6 is 11.8 Å². The Kier molecular flexibility index (Phi) is 8.15. The van der Waals surface area contributed by atoms with Gasteiger partial charge in [-0.1, -0.05) is 12.1 Å². The Hall–Kier alpha value is -2.24. The van der Waals surface area contributed by atoms with Gasteiger partial charge in [-0.05, 0) is 18.4 Å². The van der Waals surface area contributed by atoms with Crippen LogP contribution in [0.5, 0.6) is 0 Å². The van der Waals surface area contributed by atoms with Crippen molar-refractivity contribution < 1.29 is 4.79 Å². The summed E-state index contributed by atoms with van der Waals surface area (Å²) in [5.74, 6) is 1.27. The quantitative estimate of drug-likeness (QED) is 0.295. The summed E-state index contributed by atoms with van der Waals surface area (Å²) in [5, 5.41) is 10.8. The fourth-order valence-electron chi connectivity index (χ4n) is 4.31. The van der Waals surface area contributed by atoms with Crippen LogP contribution in [0, 0.1) is 5.92 Å². The Morgan fingerprint density at radius 2 is 1.76 bits per heavy atom. The molecule has 4 rings (SSSR count). The van der Waals surface area contributed by atoms with Crippen molar-refractivity contribution in [1.29, 1.82) is 0 Å². The van der Waals surface area contributed by atoms with Crippen LogP contribution in [-0.4, -0.2) is 49.5 Å². The van der Waals surface area contributed by atoms with E-state index in [0.717, 1.165) is 47.7 Å². The van der Waals surface area contributed by atoms with E-state index in [1.165, 1.54) is 9.87 Å². The van der Waals surface area contributed by atoms with Crippen LogP contribution in [0.3, 0.4) is 0 Å². The average molecular weight is 526 g/mol. The van der Waals surface area contributed by atoms with E-state index in [-0.39, 0.29) is 6.03 Å². The van der Waals surface area contributed by atoms with Crippen LogP contribution in [0.1, 0.15) is 25.7 Å². The Bertz CT molecular complexity index is 1100. The molecule has 3 aromatic rings. The summed E-state index contributed by atoms with van der Waals surface area (Å²) < 4.78 is 1.24. The van der Waals surface area contributed by atoms with E-state index in [0.29, 0.717) is 18.5 Å². The first kappa shape index (κ1) is 23.9. The molecule has 3 N–H and O–H groups in total. The molecule has 1 aromatic heterocycles. The molecule has 0 aliphatic heterocycles. The van der Waals surface area contributed by atoms with Gasteiger partial charge in [0.2, 0.25) is 0 Å². The number of para-hydroxylation sites is 2. The number of anilines is 2. The van der Waals surface area contributed by atoms with Crippen molar-refractivity contribution in [3.8, 4) is 0 Å². The number of urea groups is 1. The molecule has 8 heteroatoms. The van der Waals surface area contributed by atoms with E-state index in [1.54, 1.807) is 11.8 Å². The number of carbonyl (C=O) groups is 1. The van der Waals surface area contributed by atoms with Gasteiger partial charge in [0.05, 0.1) is 5.69 Å². The summed E-state index contributed by atoms with van der Waals surface area (Å²) in [5.41, 5.74) is 6.52. The number of aromatic nitrogens is 2. The minimum atomic E-state index is -1.13. The van der Waals surface area contributed by atoms with Crippen molar-refractivity contribution in [3.63, 3.8) is 0 Å². The molecule has 1 aliphatic rings. The molecule has 2 aromatic carbocycles. The molecule has 174 valence electrons. The Morgan fingerprint density at radius 1 is 1.03 bits per heavy atom. The van der Waals surface area contributed by atoms with Gasteiger partial charge in [0, 0.05) is 4.90 Å². The number of amides is 2. The molecule has 2 amide bonds. The Labute approximate surface area is 205 Å². The zero-order chi connectivity index (χ0) is 23.2. The Balaban J connectivity index is 1.27. The second-order valence-electron chi connectivity index (χ2n) is 8.68. The zero-order valence-corrected chi connectivity index (χ0v) is 22.2. The second-order valence-corrected chi connectivity index (χ2v) is 14.2. The number of nitrogens with one attached hydrogen (secondary N) is 3. The molecule has 0 bridgehead atoms. The standard InChI is InChI=1S/C25H32AsN5OS/c1-26(2)23-19-8-4-5-9-20(19)29-24(31-23)28-18-14-12-17(13-15-18)16-27-25(32)30-21-10-6-7-11-22(21)33-3/h4-11,17-18H,12-16H2,1-3H3,(H2,27,30,32)(H,28,29,31). The van der Waals surface area contributed by atoms with E-state index in [1.807, 2.05) is 36.6 Å². The molecule has 6 nitrogen and oxygen atoms in total. The maximum atomic E-state index is 12.4. The first-order valence-corrected chi connectivity index (χ1v) is 17.3. The summed E-state index contributed by atoms with van der Waals surface area (Å²) in [6.07, 6.45) is 6.31. The van der Waals surface area contributed by atoms with Gasteiger partial charge in [-0.3, -0.25) is 0 Å². The topological polar surface area (TPSA) is 78.9 Å². The average Bonchev–Trinajstić information content (AvgIpc) is 2.83. The molecule has 1 aliphatic carbocycles. The van der Waals surface area contributed by atoms with E-state index >= 15 is 0 Å². The van der Waals surface area contributed by atoms with Crippen molar-refractivity contribution in [3.05, 3.63) is 48.5 Å². The minimum absolute atomic E-state index is 0.132. The van der Waals surface area contributed by atoms with Gasteiger partial charge >= 0.3 is 153 Å². The molecule has 33 heavy (non-hydrogen) atoms. The number of thioether (sulfide) groups is 1. The van der Waals surface area contributed by atoms with Gasteiger partial charge in [-0.25, -0.2) is 0 Å². The van der Waals surface area contributed by atoms with E-state index in [9.17, 15) is 4.79 Å². The summed E-state index contributed by atoms with van der Waals surface area (Å²) in [6, 6.07) is 16.4. The van der Waals surface area contributed by atoms with Crippen molar-refractivity contribution >= 4 is 59.5 Å². The van der Waals surface area contributed by atoms with Gasteiger partial charge < -0.3 is 0 Å². The van der Waals surface area contributed by atoms with Crippen LogP contribution in [0.4, 0.5) is 16.4 Å². The predicted molar refractivity (Wildman–Crippen MR) is 141 cm³/mol. The third-order valence-corrected chi connectivity index (χ3v) is 9.38. The second kappa shape index (κ2) is 11.3. The molecule has 0 saturated heterocycles. The fourth-order valence-corrected chi connectivity index (χ4v) is 6.89. The summed E-state index contributed by atoms with van der Waals surface area (Å²) in [6.45, 7) is 0.704. The van der Waals surface area contributed by atoms with E-state index in [4.69, 9.17) is 9.97 Å². The number of benzene rings is 2. The van der Waals surface area contributed by atoms with Crippen LogP contribution in [0.15, 0.2) is 53.4 Å². The number of carbonyl (C=O) groups excluding carboxylic acids is 1. The fraction of sp³-hybridized carbons (Fsp3) is 0.400. The zero-order valence-electron chi connectivity index (χ0n) is 19.5. The molecule has 0 unspecified atom stereocenters.